The van der Waals surface area contributed by atoms with E-state index in [4.69, 9.17) is 5.11 Å². The highest BCUT2D eigenvalue weighted by atomic mass is 16.4. The standard InChI is InChI=1S/C12H19N3O2/c1-9-11(12(16)17)3-5-14(9)7-8-15-6-4-13-10(15)2/h4,6,9,11H,3,5,7-8H2,1-2H3,(H,16,17). The normalized spacial score (nSPS) is 25.3. The predicted octanol–water partition coefficient (Wildman–Crippen LogP) is 0.987. The number of imidazole rings is 1. The monoisotopic (exact) mass is 237 g/mol. The first-order valence-electron chi connectivity index (χ1n) is 6.04. The minimum absolute atomic E-state index is 0.135. The Hall–Kier alpha value is -1.36. The fourth-order valence-corrected chi connectivity index (χ4v) is 2.53. The Labute approximate surface area is 101 Å². The second-order valence-corrected chi connectivity index (χ2v) is 4.68. The molecule has 2 rings (SSSR count). The molecule has 1 saturated heterocycles. The van der Waals surface area contributed by atoms with Crippen molar-refractivity contribution in [2.75, 3.05) is 13.1 Å². The largest absolute Gasteiger partial charge is 0.481 e. The summed E-state index contributed by atoms with van der Waals surface area (Å²) >= 11 is 0. The smallest absolute Gasteiger partial charge is 0.308 e. The first-order valence-corrected chi connectivity index (χ1v) is 6.04. The average Bonchev–Trinajstić information content (AvgIpc) is 2.82. The Morgan fingerprint density at radius 1 is 1.59 bits per heavy atom. The fourth-order valence-electron chi connectivity index (χ4n) is 2.53. The minimum atomic E-state index is -0.668. The third-order valence-electron chi connectivity index (χ3n) is 3.75. The number of rotatable bonds is 4. The number of nitrogens with zero attached hydrogens (tertiary/aromatic N) is 3. The van der Waals surface area contributed by atoms with Crippen molar-refractivity contribution in [3.63, 3.8) is 0 Å². The van der Waals surface area contributed by atoms with Gasteiger partial charge in [-0.15, -0.1) is 0 Å². The molecule has 0 bridgehead atoms. The summed E-state index contributed by atoms with van der Waals surface area (Å²) in [4.78, 5) is 17.4. The number of carboxylic acids is 1. The van der Waals surface area contributed by atoms with Crippen LogP contribution in [0.3, 0.4) is 0 Å². The molecule has 1 aromatic heterocycles. The maximum atomic E-state index is 11.0. The lowest BCUT2D eigenvalue weighted by Crippen LogP contribution is -2.35. The molecule has 5 heteroatoms. The van der Waals surface area contributed by atoms with Gasteiger partial charge in [-0.3, -0.25) is 9.69 Å². The van der Waals surface area contributed by atoms with Gasteiger partial charge in [-0.05, 0) is 26.8 Å². The van der Waals surface area contributed by atoms with E-state index in [-0.39, 0.29) is 12.0 Å². The molecule has 0 aromatic carbocycles. The van der Waals surface area contributed by atoms with Crippen molar-refractivity contribution in [2.45, 2.75) is 32.9 Å². The number of likely N-dealkylation sites (tertiary alicyclic amines) is 1. The molecule has 2 atom stereocenters. The minimum Gasteiger partial charge on any atom is -0.481 e. The van der Waals surface area contributed by atoms with Crippen LogP contribution in [0.1, 0.15) is 19.2 Å². The van der Waals surface area contributed by atoms with Gasteiger partial charge in [0.2, 0.25) is 0 Å². The van der Waals surface area contributed by atoms with Crippen LogP contribution in [0.4, 0.5) is 0 Å². The van der Waals surface area contributed by atoms with E-state index in [9.17, 15) is 4.79 Å². The quantitative estimate of drug-likeness (QED) is 0.848. The summed E-state index contributed by atoms with van der Waals surface area (Å²) in [6.45, 7) is 6.64. The molecule has 0 aliphatic carbocycles. The molecule has 17 heavy (non-hydrogen) atoms. The molecule has 1 N–H and O–H groups in total. The average molecular weight is 237 g/mol. The maximum Gasteiger partial charge on any atom is 0.308 e. The van der Waals surface area contributed by atoms with Crippen molar-refractivity contribution in [3.05, 3.63) is 18.2 Å². The van der Waals surface area contributed by atoms with Crippen molar-refractivity contribution in [3.8, 4) is 0 Å². The van der Waals surface area contributed by atoms with Crippen molar-refractivity contribution in [2.24, 2.45) is 5.92 Å². The fraction of sp³-hybridized carbons (Fsp3) is 0.667. The van der Waals surface area contributed by atoms with Crippen LogP contribution >= 0.6 is 0 Å². The Morgan fingerprint density at radius 2 is 2.35 bits per heavy atom. The van der Waals surface area contributed by atoms with E-state index >= 15 is 0 Å². The van der Waals surface area contributed by atoms with E-state index in [1.54, 1.807) is 6.20 Å². The van der Waals surface area contributed by atoms with Gasteiger partial charge in [0.15, 0.2) is 0 Å². The summed E-state index contributed by atoms with van der Waals surface area (Å²) in [5.41, 5.74) is 0. The second kappa shape index (κ2) is 4.87. The van der Waals surface area contributed by atoms with Gasteiger partial charge < -0.3 is 9.67 Å². The third kappa shape index (κ3) is 2.49. The maximum absolute atomic E-state index is 11.0. The van der Waals surface area contributed by atoms with Gasteiger partial charge in [-0.2, -0.15) is 0 Å². The SMILES string of the molecule is Cc1nccn1CCN1CCC(C(=O)O)C1C. The Balaban J connectivity index is 1.89. The van der Waals surface area contributed by atoms with Gasteiger partial charge in [0, 0.05) is 31.5 Å². The van der Waals surface area contributed by atoms with Crippen molar-refractivity contribution >= 4 is 5.97 Å². The lowest BCUT2D eigenvalue weighted by molar-refractivity contribution is -0.142. The molecule has 5 nitrogen and oxygen atoms in total. The molecule has 0 spiro atoms. The van der Waals surface area contributed by atoms with E-state index in [0.717, 1.165) is 31.9 Å². The van der Waals surface area contributed by atoms with Crippen LogP contribution in [0, 0.1) is 12.8 Å². The number of aryl methyl sites for hydroxylation is 1. The van der Waals surface area contributed by atoms with Gasteiger partial charge in [0.1, 0.15) is 5.82 Å². The first-order chi connectivity index (χ1) is 8.09. The van der Waals surface area contributed by atoms with Crippen molar-refractivity contribution in [1.29, 1.82) is 0 Å². The van der Waals surface area contributed by atoms with Crippen LogP contribution in [-0.2, 0) is 11.3 Å². The Morgan fingerprint density at radius 3 is 2.88 bits per heavy atom. The van der Waals surface area contributed by atoms with Crippen molar-refractivity contribution < 1.29 is 9.90 Å². The summed E-state index contributed by atoms with van der Waals surface area (Å²) < 4.78 is 2.10. The van der Waals surface area contributed by atoms with E-state index in [1.165, 1.54) is 0 Å². The van der Waals surface area contributed by atoms with Gasteiger partial charge in [-0.25, -0.2) is 4.98 Å². The zero-order valence-electron chi connectivity index (χ0n) is 10.3. The topological polar surface area (TPSA) is 58.4 Å². The van der Waals surface area contributed by atoms with Crippen LogP contribution in [0.2, 0.25) is 0 Å². The summed E-state index contributed by atoms with van der Waals surface area (Å²) in [5.74, 6) is 0.129. The van der Waals surface area contributed by atoms with E-state index in [2.05, 4.69) is 14.5 Å². The number of carboxylic acid groups (broad SMARTS) is 1. The third-order valence-corrected chi connectivity index (χ3v) is 3.75. The summed E-state index contributed by atoms with van der Waals surface area (Å²) in [6.07, 6.45) is 4.52. The van der Waals surface area contributed by atoms with Crippen LogP contribution in [0.25, 0.3) is 0 Å². The highest BCUT2D eigenvalue weighted by Gasteiger charge is 2.35. The molecular formula is C12H19N3O2. The molecule has 1 aromatic rings. The Bertz CT molecular complexity index is 402. The zero-order chi connectivity index (χ0) is 12.4. The summed E-state index contributed by atoms with van der Waals surface area (Å²) in [5, 5.41) is 9.06. The lowest BCUT2D eigenvalue weighted by Gasteiger charge is -2.23. The number of hydrogen-bond donors (Lipinski definition) is 1. The van der Waals surface area contributed by atoms with E-state index < -0.39 is 5.97 Å². The molecule has 1 aliphatic heterocycles. The number of hydrogen-bond acceptors (Lipinski definition) is 3. The molecule has 0 saturated carbocycles. The van der Waals surface area contributed by atoms with Gasteiger partial charge in [0.05, 0.1) is 5.92 Å². The van der Waals surface area contributed by atoms with Gasteiger partial charge >= 0.3 is 5.97 Å². The van der Waals surface area contributed by atoms with Gasteiger partial charge in [0.25, 0.3) is 0 Å². The second-order valence-electron chi connectivity index (χ2n) is 4.68. The lowest BCUT2D eigenvalue weighted by atomic mass is 10.0. The number of aliphatic carboxylic acids is 1. The Kier molecular flexibility index (Phi) is 3.47. The van der Waals surface area contributed by atoms with E-state index in [0.29, 0.717) is 0 Å². The first kappa shape index (κ1) is 12.1. The number of aromatic nitrogens is 2. The van der Waals surface area contributed by atoms with Crippen molar-refractivity contribution in [1.82, 2.24) is 14.5 Å². The molecular weight excluding hydrogens is 218 g/mol. The molecule has 0 radical (unpaired) electrons. The van der Waals surface area contributed by atoms with Crippen LogP contribution in [0.5, 0.6) is 0 Å². The highest BCUT2D eigenvalue weighted by Crippen LogP contribution is 2.23. The van der Waals surface area contributed by atoms with Crippen LogP contribution in [-0.4, -0.2) is 44.7 Å². The highest BCUT2D eigenvalue weighted by molar-refractivity contribution is 5.71. The van der Waals surface area contributed by atoms with E-state index in [1.807, 2.05) is 20.0 Å². The molecule has 1 aliphatic rings. The number of carbonyl (C=O) groups is 1. The summed E-state index contributed by atoms with van der Waals surface area (Å²) in [6, 6.07) is 0.135. The predicted molar refractivity (Wildman–Crippen MR) is 63.7 cm³/mol. The molecule has 1 fully saturated rings. The molecule has 2 unspecified atom stereocenters. The van der Waals surface area contributed by atoms with Crippen LogP contribution in [0.15, 0.2) is 12.4 Å². The molecule has 2 heterocycles. The van der Waals surface area contributed by atoms with Crippen LogP contribution < -0.4 is 0 Å². The zero-order valence-corrected chi connectivity index (χ0v) is 10.3. The van der Waals surface area contributed by atoms with Gasteiger partial charge in [-0.1, -0.05) is 0 Å². The molecule has 94 valence electrons. The summed E-state index contributed by atoms with van der Waals surface area (Å²) in [7, 11) is 0. The molecule has 0 amide bonds.